The number of ether oxygens (including phenoxy) is 1. The van der Waals surface area contributed by atoms with Gasteiger partial charge < -0.3 is 15.0 Å². The average molecular weight is 239 g/mol. The molecule has 1 aromatic heterocycles. The van der Waals surface area contributed by atoms with Gasteiger partial charge in [0.05, 0.1) is 6.61 Å². The zero-order valence-corrected chi connectivity index (χ0v) is 10.4. The van der Waals surface area contributed by atoms with E-state index in [0.29, 0.717) is 31.2 Å². The molecule has 0 saturated heterocycles. The lowest BCUT2D eigenvalue weighted by molar-refractivity contribution is 0.199. The van der Waals surface area contributed by atoms with E-state index >= 15 is 0 Å². The first-order chi connectivity index (χ1) is 8.22. The molecule has 0 aromatic carbocycles. The second-order valence-corrected chi connectivity index (χ2v) is 4.95. The maximum absolute atomic E-state index is 6.35. The van der Waals surface area contributed by atoms with Crippen molar-refractivity contribution >= 4 is 0 Å². The first kappa shape index (κ1) is 12.5. The van der Waals surface area contributed by atoms with Crippen molar-refractivity contribution in [1.82, 2.24) is 10.1 Å². The molecule has 0 atom stereocenters. The van der Waals surface area contributed by atoms with Gasteiger partial charge in [0.1, 0.15) is 0 Å². The Kier molecular flexibility index (Phi) is 4.12. The van der Waals surface area contributed by atoms with Gasteiger partial charge in [0, 0.05) is 25.5 Å². The van der Waals surface area contributed by atoms with Gasteiger partial charge in [-0.3, -0.25) is 0 Å². The molecule has 1 saturated carbocycles. The monoisotopic (exact) mass is 239 g/mol. The average Bonchev–Trinajstić information content (AvgIpc) is 2.74. The summed E-state index contributed by atoms with van der Waals surface area (Å²) in [5.74, 6) is 1.38. The third kappa shape index (κ3) is 3.51. The molecule has 0 unspecified atom stereocenters. The maximum atomic E-state index is 6.35. The largest absolute Gasteiger partial charge is 0.384 e. The minimum atomic E-state index is -0.136. The van der Waals surface area contributed by atoms with Crippen LogP contribution < -0.4 is 5.73 Å². The van der Waals surface area contributed by atoms with E-state index in [1.54, 1.807) is 7.11 Å². The van der Waals surface area contributed by atoms with E-state index in [2.05, 4.69) is 10.1 Å². The minimum Gasteiger partial charge on any atom is -0.384 e. The Morgan fingerprint density at radius 1 is 1.35 bits per heavy atom. The van der Waals surface area contributed by atoms with Gasteiger partial charge in [-0.2, -0.15) is 4.98 Å². The molecule has 1 aliphatic rings. The van der Waals surface area contributed by atoms with Crippen molar-refractivity contribution in [1.29, 1.82) is 0 Å². The van der Waals surface area contributed by atoms with Crippen LogP contribution in [0.5, 0.6) is 0 Å². The van der Waals surface area contributed by atoms with E-state index in [1.807, 2.05) is 0 Å². The smallest absolute Gasteiger partial charge is 0.228 e. The first-order valence-corrected chi connectivity index (χ1v) is 6.31. The van der Waals surface area contributed by atoms with Crippen molar-refractivity contribution in [2.24, 2.45) is 5.73 Å². The molecule has 1 aliphatic carbocycles. The van der Waals surface area contributed by atoms with E-state index < -0.39 is 0 Å². The number of methoxy groups -OCH3 is 1. The summed E-state index contributed by atoms with van der Waals surface area (Å²) in [6.07, 6.45) is 7.22. The Bertz CT molecular complexity index is 345. The van der Waals surface area contributed by atoms with E-state index in [-0.39, 0.29) is 5.54 Å². The molecule has 5 nitrogen and oxygen atoms in total. The molecule has 0 aliphatic heterocycles. The summed E-state index contributed by atoms with van der Waals surface area (Å²) in [5.41, 5.74) is 6.21. The molecular weight excluding hydrogens is 218 g/mol. The van der Waals surface area contributed by atoms with Crippen molar-refractivity contribution in [3.63, 3.8) is 0 Å². The lowest BCUT2D eigenvalue weighted by Gasteiger charge is -2.31. The number of hydrogen-bond donors (Lipinski definition) is 1. The number of rotatable bonds is 5. The Hall–Kier alpha value is -0.940. The number of aromatic nitrogens is 2. The zero-order valence-electron chi connectivity index (χ0n) is 10.4. The fourth-order valence-electron chi connectivity index (χ4n) is 2.39. The molecule has 0 spiro atoms. The molecular formula is C12H21N3O2. The normalized spacial score (nSPS) is 19.4. The minimum absolute atomic E-state index is 0.136. The Balaban J connectivity index is 1.91. The van der Waals surface area contributed by atoms with Crippen molar-refractivity contribution in [3.05, 3.63) is 11.7 Å². The van der Waals surface area contributed by atoms with Crippen molar-refractivity contribution in [2.45, 2.75) is 50.5 Å². The molecule has 17 heavy (non-hydrogen) atoms. The van der Waals surface area contributed by atoms with E-state index in [1.165, 1.54) is 19.3 Å². The molecule has 0 amide bonds. The molecule has 0 radical (unpaired) electrons. The summed E-state index contributed by atoms with van der Waals surface area (Å²) in [6.45, 7) is 0.618. The van der Waals surface area contributed by atoms with Crippen molar-refractivity contribution < 1.29 is 9.26 Å². The highest BCUT2D eigenvalue weighted by Crippen LogP contribution is 2.28. The topological polar surface area (TPSA) is 74.2 Å². The third-order valence-corrected chi connectivity index (χ3v) is 3.39. The lowest BCUT2D eigenvalue weighted by Crippen LogP contribution is -2.43. The summed E-state index contributed by atoms with van der Waals surface area (Å²) in [4.78, 5) is 4.35. The second-order valence-electron chi connectivity index (χ2n) is 4.95. The van der Waals surface area contributed by atoms with Crippen LogP contribution >= 0.6 is 0 Å². The second kappa shape index (κ2) is 5.60. The maximum Gasteiger partial charge on any atom is 0.228 e. The van der Waals surface area contributed by atoms with E-state index in [9.17, 15) is 0 Å². The quantitative estimate of drug-likeness (QED) is 0.842. The Labute approximate surface area is 102 Å². The Morgan fingerprint density at radius 2 is 2.12 bits per heavy atom. The van der Waals surface area contributed by atoms with Crippen molar-refractivity contribution in [3.8, 4) is 0 Å². The van der Waals surface area contributed by atoms with E-state index in [4.69, 9.17) is 15.0 Å². The van der Waals surface area contributed by atoms with Crippen LogP contribution in [0.3, 0.4) is 0 Å². The molecule has 0 bridgehead atoms. The first-order valence-electron chi connectivity index (χ1n) is 6.31. The fourth-order valence-corrected chi connectivity index (χ4v) is 2.39. The van der Waals surface area contributed by atoms with Gasteiger partial charge in [0.2, 0.25) is 5.89 Å². The van der Waals surface area contributed by atoms with Gasteiger partial charge in [-0.15, -0.1) is 0 Å². The molecule has 2 rings (SSSR count). The van der Waals surface area contributed by atoms with Crippen LogP contribution in [0.1, 0.15) is 43.8 Å². The van der Waals surface area contributed by atoms with Gasteiger partial charge in [-0.1, -0.05) is 24.4 Å². The molecule has 1 aromatic rings. The van der Waals surface area contributed by atoms with Gasteiger partial charge in [-0.05, 0) is 12.8 Å². The zero-order chi connectivity index (χ0) is 12.1. The summed E-state index contributed by atoms with van der Waals surface area (Å²) in [6, 6.07) is 0. The summed E-state index contributed by atoms with van der Waals surface area (Å²) < 4.78 is 10.2. The molecule has 2 N–H and O–H groups in total. The van der Waals surface area contributed by atoms with Crippen LogP contribution in [0.4, 0.5) is 0 Å². The van der Waals surface area contributed by atoms with Gasteiger partial charge in [0.25, 0.3) is 0 Å². The fraction of sp³-hybridized carbons (Fsp3) is 0.833. The van der Waals surface area contributed by atoms with Gasteiger partial charge in [0.15, 0.2) is 5.82 Å². The number of hydrogen-bond acceptors (Lipinski definition) is 5. The van der Waals surface area contributed by atoms with Gasteiger partial charge >= 0.3 is 0 Å². The predicted octanol–water partition coefficient (Wildman–Crippen LogP) is 1.46. The highest BCUT2D eigenvalue weighted by Gasteiger charge is 2.29. The Morgan fingerprint density at radius 3 is 2.82 bits per heavy atom. The van der Waals surface area contributed by atoms with Crippen molar-refractivity contribution in [2.75, 3.05) is 13.7 Å². The lowest BCUT2D eigenvalue weighted by atomic mass is 9.80. The number of nitrogens with zero attached hydrogens (tertiary/aromatic N) is 2. The predicted molar refractivity (Wildman–Crippen MR) is 63.6 cm³/mol. The van der Waals surface area contributed by atoms with Crippen LogP contribution in [0, 0.1) is 0 Å². The molecule has 1 fully saturated rings. The number of nitrogens with two attached hydrogens (primary N) is 1. The summed E-state index contributed by atoms with van der Waals surface area (Å²) >= 11 is 0. The summed E-state index contributed by atoms with van der Waals surface area (Å²) in [7, 11) is 1.66. The molecule has 96 valence electrons. The highest BCUT2D eigenvalue weighted by molar-refractivity contribution is 4.97. The van der Waals surface area contributed by atoms with Crippen LogP contribution in [0.15, 0.2) is 4.52 Å². The summed E-state index contributed by atoms with van der Waals surface area (Å²) in [5, 5.41) is 3.93. The van der Waals surface area contributed by atoms with Crippen LogP contribution in [0.2, 0.25) is 0 Å². The van der Waals surface area contributed by atoms with Crippen LogP contribution in [-0.2, 0) is 17.6 Å². The molecule has 5 heteroatoms. The third-order valence-electron chi connectivity index (χ3n) is 3.39. The SMILES string of the molecule is COCCc1noc(CC2(N)CCCCC2)n1. The highest BCUT2D eigenvalue weighted by atomic mass is 16.5. The van der Waals surface area contributed by atoms with E-state index in [0.717, 1.165) is 12.8 Å². The standard InChI is InChI=1S/C12H21N3O2/c1-16-8-5-10-14-11(17-15-10)9-12(13)6-3-2-4-7-12/h2-9,13H2,1H3. The van der Waals surface area contributed by atoms with Gasteiger partial charge in [-0.25, -0.2) is 0 Å². The van der Waals surface area contributed by atoms with Crippen LogP contribution in [0.25, 0.3) is 0 Å². The molecule has 1 heterocycles. The van der Waals surface area contributed by atoms with Crippen LogP contribution in [-0.4, -0.2) is 29.4 Å².